The highest BCUT2D eigenvalue weighted by atomic mass is 16.6. The Balaban J connectivity index is 4.41. The molecule has 0 aromatic heterocycles. The molecule has 0 aliphatic carbocycles. The lowest BCUT2D eigenvalue weighted by Crippen LogP contribution is -2.30. The van der Waals surface area contributed by atoms with Crippen LogP contribution in [0.2, 0.25) is 0 Å². The van der Waals surface area contributed by atoms with Gasteiger partial charge in [-0.25, -0.2) is 0 Å². The van der Waals surface area contributed by atoms with E-state index in [-0.39, 0.29) is 31.1 Å². The number of unbranched alkanes of at least 4 members (excludes halogenated alkanes) is 23. The summed E-state index contributed by atoms with van der Waals surface area (Å²) in [5.74, 6) is -0.910. The maximum atomic E-state index is 12.7. The summed E-state index contributed by atoms with van der Waals surface area (Å²) in [6, 6.07) is 0. The van der Waals surface area contributed by atoms with E-state index in [1.165, 1.54) is 83.5 Å². The van der Waals surface area contributed by atoms with Gasteiger partial charge in [0.05, 0.1) is 0 Å². The van der Waals surface area contributed by atoms with Gasteiger partial charge in [-0.3, -0.25) is 14.4 Å². The molecular weight excluding hydrogens is 697 g/mol. The predicted molar refractivity (Wildman–Crippen MR) is 238 cm³/mol. The van der Waals surface area contributed by atoms with E-state index >= 15 is 0 Å². The average molecular weight is 785 g/mol. The second kappa shape index (κ2) is 45.1. The summed E-state index contributed by atoms with van der Waals surface area (Å²) >= 11 is 0. The third-order valence-electron chi connectivity index (χ3n) is 10.0. The van der Waals surface area contributed by atoms with Crippen LogP contribution in [0.1, 0.15) is 233 Å². The normalized spacial score (nSPS) is 12.4. The molecular formula is C50H88O6. The van der Waals surface area contributed by atoms with Crippen LogP contribution >= 0.6 is 0 Å². The number of allylic oxidation sites excluding steroid dienone is 8. The molecule has 324 valence electrons. The molecule has 0 N–H and O–H groups in total. The molecule has 6 heteroatoms. The van der Waals surface area contributed by atoms with Crippen LogP contribution in [-0.4, -0.2) is 37.2 Å². The van der Waals surface area contributed by atoms with Gasteiger partial charge in [-0.15, -0.1) is 0 Å². The standard InChI is InChI=1S/C50H88O6/c1-4-7-10-13-16-19-22-24-26-28-31-34-37-40-43-49(52)55-46-47(45-54-48(51)42-39-36-33-30-27-21-18-15-12-9-6-3)56-50(53)44-41-38-35-32-29-25-23-20-17-14-11-8-5-2/h11,13-14,16,20,22-24,47H,4-10,12,15,17-19,21,25-46H2,1-3H3/b14-11-,16-13-,23-20-,24-22-. The molecule has 0 aliphatic rings. The van der Waals surface area contributed by atoms with Crippen LogP contribution in [0.25, 0.3) is 0 Å². The van der Waals surface area contributed by atoms with Gasteiger partial charge in [0, 0.05) is 19.3 Å². The monoisotopic (exact) mass is 785 g/mol. The van der Waals surface area contributed by atoms with Gasteiger partial charge in [0.25, 0.3) is 0 Å². The number of ether oxygens (including phenoxy) is 3. The molecule has 6 nitrogen and oxygen atoms in total. The Morgan fingerprint density at radius 3 is 1.11 bits per heavy atom. The Bertz CT molecular complexity index is 996. The van der Waals surface area contributed by atoms with Crippen molar-refractivity contribution >= 4 is 17.9 Å². The van der Waals surface area contributed by atoms with Gasteiger partial charge in [0.2, 0.25) is 0 Å². The molecule has 0 spiro atoms. The van der Waals surface area contributed by atoms with Crippen molar-refractivity contribution in [1.29, 1.82) is 0 Å². The van der Waals surface area contributed by atoms with Crippen molar-refractivity contribution in [3.05, 3.63) is 48.6 Å². The van der Waals surface area contributed by atoms with Crippen LogP contribution in [0.5, 0.6) is 0 Å². The van der Waals surface area contributed by atoms with Gasteiger partial charge in [0.15, 0.2) is 6.10 Å². The van der Waals surface area contributed by atoms with Gasteiger partial charge in [-0.2, -0.15) is 0 Å². The molecule has 0 aliphatic heterocycles. The van der Waals surface area contributed by atoms with E-state index in [1.807, 2.05) is 0 Å². The van der Waals surface area contributed by atoms with Crippen LogP contribution in [0.4, 0.5) is 0 Å². The second-order valence-corrected chi connectivity index (χ2v) is 15.7. The topological polar surface area (TPSA) is 78.9 Å². The van der Waals surface area contributed by atoms with E-state index in [2.05, 4.69) is 69.4 Å². The van der Waals surface area contributed by atoms with Crippen LogP contribution < -0.4 is 0 Å². The van der Waals surface area contributed by atoms with Crippen LogP contribution in [0.3, 0.4) is 0 Å². The summed E-state index contributed by atoms with van der Waals surface area (Å²) in [6.07, 6.45) is 52.3. The minimum atomic E-state index is -0.781. The molecule has 56 heavy (non-hydrogen) atoms. The lowest BCUT2D eigenvalue weighted by molar-refractivity contribution is -0.167. The van der Waals surface area contributed by atoms with E-state index in [0.29, 0.717) is 19.3 Å². The zero-order chi connectivity index (χ0) is 40.8. The van der Waals surface area contributed by atoms with Crippen molar-refractivity contribution in [2.75, 3.05) is 13.2 Å². The minimum absolute atomic E-state index is 0.0820. The van der Waals surface area contributed by atoms with Gasteiger partial charge in [0.1, 0.15) is 13.2 Å². The van der Waals surface area contributed by atoms with Crippen LogP contribution in [-0.2, 0) is 28.6 Å². The average Bonchev–Trinajstić information content (AvgIpc) is 3.19. The van der Waals surface area contributed by atoms with E-state index < -0.39 is 6.10 Å². The predicted octanol–water partition coefficient (Wildman–Crippen LogP) is 15.1. The third-order valence-corrected chi connectivity index (χ3v) is 10.0. The Kier molecular flexibility index (Phi) is 43.0. The fourth-order valence-electron chi connectivity index (χ4n) is 6.44. The van der Waals surface area contributed by atoms with Crippen LogP contribution in [0, 0.1) is 0 Å². The first-order chi connectivity index (χ1) is 27.5. The molecule has 0 amide bonds. The fourth-order valence-corrected chi connectivity index (χ4v) is 6.44. The molecule has 0 saturated heterocycles. The summed E-state index contributed by atoms with van der Waals surface area (Å²) in [5.41, 5.74) is 0. The van der Waals surface area contributed by atoms with Crippen molar-refractivity contribution in [3.8, 4) is 0 Å². The first-order valence-electron chi connectivity index (χ1n) is 23.6. The molecule has 0 radical (unpaired) electrons. The molecule has 0 heterocycles. The molecule has 1 atom stereocenters. The molecule has 0 saturated carbocycles. The van der Waals surface area contributed by atoms with E-state index in [9.17, 15) is 14.4 Å². The van der Waals surface area contributed by atoms with E-state index in [4.69, 9.17) is 14.2 Å². The number of hydrogen-bond donors (Lipinski definition) is 0. The molecule has 0 fully saturated rings. The Labute approximate surface area is 346 Å². The number of rotatable bonds is 42. The zero-order valence-electron chi connectivity index (χ0n) is 36.9. The quantitative estimate of drug-likeness (QED) is 0.0265. The second-order valence-electron chi connectivity index (χ2n) is 15.7. The molecule has 0 rings (SSSR count). The summed E-state index contributed by atoms with van der Waals surface area (Å²) in [7, 11) is 0. The summed E-state index contributed by atoms with van der Waals surface area (Å²) < 4.78 is 16.7. The highest BCUT2D eigenvalue weighted by Gasteiger charge is 2.19. The maximum Gasteiger partial charge on any atom is 0.306 e. The number of esters is 3. The van der Waals surface area contributed by atoms with Gasteiger partial charge >= 0.3 is 17.9 Å². The lowest BCUT2D eigenvalue weighted by Gasteiger charge is -2.18. The summed E-state index contributed by atoms with van der Waals surface area (Å²) in [5, 5.41) is 0. The highest BCUT2D eigenvalue weighted by Crippen LogP contribution is 2.14. The summed E-state index contributed by atoms with van der Waals surface area (Å²) in [6.45, 7) is 6.50. The van der Waals surface area contributed by atoms with Crippen molar-refractivity contribution in [1.82, 2.24) is 0 Å². The van der Waals surface area contributed by atoms with Crippen molar-refractivity contribution in [2.24, 2.45) is 0 Å². The van der Waals surface area contributed by atoms with Crippen molar-refractivity contribution < 1.29 is 28.6 Å². The number of carbonyl (C=O) groups excluding carboxylic acids is 3. The largest absolute Gasteiger partial charge is 0.462 e. The van der Waals surface area contributed by atoms with Gasteiger partial charge < -0.3 is 14.2 Å². The number of carbonyl (C=O) groups is 3. The maximum absolute atomic E-state index is 12.7. The smallest absolute Gasteiger partial charge is 0.306 e. The number of hydrogen-bond acceptors (Lipinski definition) is 6. The van der Waals surface area contributed by atoms with E-state index in [1.54, 1.807) is 0 Å². The Morgan fingerprint density at radius 2 is 0.696 bits per heavy atom. The van der Waals surface area contributed by atoms with Crippen molar-refractivity contribution in [3.63, 3.8) is 0 Å². The fraction of sp³-hybridized carbons (Fsp3) is 0.780. The Morgan fingerprint density at radius 1 is 0.357 bits per heavy atom. The Hall–Kier alpha value is -2.63. The molecule has 0 aromatic carbocycles. The van der Waals surface area contributed by atoms with Crippen molar-refractivity contribution in [2.45, 2.75) is 239 Å². The molecule has 0 bridgehead atoms. The summed E-state index contributed by atoms with van der Waals surface area (Å²) in [4.78, 5) is 37.8. The van der Waals surface area contributed by atoms with Gasteiger partial charge in [-0.1, -0.05) is 191 Å². The first-order valence-corrected chi connectivity index (χ1v) is 23.6. The minimum Gasteiger partial charge on any atom is -0.462 e. The molecule has 1 unspecified atom stereocenters. The lowest BCUT2D eigenvalue weighted by atomic mass is 10.1. The SMILES string of the molecule is CCC/C=C\C/C=C\CCCCCCCC(=O)OC(COC(=O)CCCCCCC/C=C\C/C=C\CCCC)COC(=O)CCCCCCCCCCCCC. The molecule has 0 aromatic rings. The van der Waals surface area contributed by atoms with Crippen LogP contribution in [0.15, 0.2) is 48.6 Å². The first kappa shape index (κ1) is 53.4. The van der Waals surface area contributed by atoms with E-state index in [0.717, 1.165) is 109 Å². The highest BCUT2D eigenvalue weighted by molar-refractivity contribution is 5.71. The zero-order valence-corrected chi connectivity index (χ0v) is 36.9. The third kappa shape index (κ3) is 42.5. The van der Waals surface area contributed by atoms with Gasteiger partial charge in [-0.05, 0) is 70.6 Å².